The summed E-state index contributed by atoms with van der Waals surface area (Å²) in [5.74, 6) is 2.34. The lowest BCUT2D eigenvalue weighted by atomic mass is 9.95. The molecule has 0 bridgehead atoms. The zero-order chi connectivity index (χ0) is 20.7. The molecular formula is C21H24N6O3. The molecule has 30 heavy (non-hydrogen) atoms. The summed E-state index contributed by atoms with van der Waals surface area (Å²) in [5.41, 5.74) is 1.22. The van der Waals surface area contributed by atoms with Gasteiger partial charge in [0.2, 0.25) is 5.91 Å². The molecule has 2 saturated heterocycles. The van der Waals surface area contributed by atoms with Crippen molar-refractivity contribution in [2.24, 2.45) is 0 Å². The Morgan fingerprint density at radius 3 is 2.53 bits per heavy atom. The first-order valence-electron chi connectivity index (χ1n) is 10.5. The van der Waals surface area contributed by atoms with Crippen LogP contribution in [0.1, 0.15) is 65.1 Å². The Kier molecular flexibility index (Phi) is 4.72. The van der Waals surface area contributed by atoms with E-state index in [1.807, 2.05) is 17.0 Å². The van der Waals surface area contributed by atoms with Crippen molar-refractivity contribution in [2.45, 2.75) is 44.1 Å². The molecule has 0 unspecified atom stereocenters. The van der Waals surface area contributed by atoms with E-state index >= 15 is 0 Å². The standard InChI is InChI=1S/C21H24N6O3/c28-17-11-22-21(30)27(17)12-15-3-1-2-4-16(15)20(29)26-9-7-14(8-10-26)19-23-18(24-25-19)13-5-6-13/h1-4,13-14H,5-12H2,(H,22,30)(H,23,24,25). The highest BCUT2D eigenvalue weighted by Gasteiger charge is 2.32. The predicted molar refractivity (Wildman–Crippen MR) is 107 cm³/mol. The molecule has 1 saturated carbocycles. The van der Waals surface area contributed by atoms with E-state index in [2.05, 4.69) is 20.5 Å². The van der Waals surface area contributed by atoms with Crippen molar-refractivity contribution in [3.8, 4) is 0 Å². The highest BCUT2D eigenvalue weighted by atomic mass is 16.2. The molecular weight excluding hydrogens is 384 g/mol. The third kappa shape index (κ3) is 3.55. The van der Waals surface area contributed by atoms with Crippen molar-refractivity contribution in [1.29, 1.82) is 0 Å². The van der Waals surface area contributed by atoms with Gasteiger partial charge in [0.25, 0.3) is 5.91 Å². The lowest BCUT2D eigenvalue weighted by molar-refractivity contribution is -0.125. The number of aromatic nitrogens is 3. The largest absolute Gasteiger partial charge is 0.339 e. The summed E-state index contributed by atoms with van der Waals surface area (Å²) < 4.78 is 0. The number of nitrogens with zero attached hydrogens (tertiary/aromatic N) is 4. The van der Waals surface area contributed by atoms with Crippen LogP contribution in [0.25, 0.3) is 0 Å². The van der Waals surface area contributed by atoms with Crippen molar-refractivity contribution in [2.75, 3.05) is 19.6 Å². The van der Waals surface area contributed by atoms with Crippen molar-refractivity contribution in [1.82, 2.24) is 30.3 Å². The first kappa shape index (κ1) is 18.8. The Hall–Kier alpha value is -3.23. The minimum Gasteiger partial charge on any atom is -0.339 e. The second-order valence-electron chi connectivity index (χ2n) is 8.22. The SMILES string of the molecule is O=C(c1ccccc1CN1C(=O)CNC1=O)N1CCC(c2nc(C3CC3)n[nH]2)CC1. The Morgan fingerprint density at radius 1 is 1.07 bits per heavy atom. The van der Waals surface area contributed by atoms with Crippen molar-refractivity contribution < 1.29 is 14.4 Å². The van der Waals surface area contributed by atoms with Crippen LogP contribution in [0.15, 0.2) is 24.3 Å². The van der Waals surface area contributed by atoms with Gasteiger partial charge >= 0.3 is 6.03 Å². The summed E-state index contributed by atoms with van der Waals surface area (Å²) in [6.45, 7) is 1.39. The van der Waals surface area contributed by atoms with Gasteiger partial charge in [0.15, 0.2) is 5.82 Å². The van der Waals surface area contributed by atoms with Crippen LogP contribution in [0.5, 0.6) is 0 Å². The molecule has 0 atom stereocenters. The smallest absolute Gasteiger partial charge is 0.324 e. The molecule has 3 heterocycles. The second kappa shape index (κ2) is 7.55. The van der Waals surface area contributed by atoms with E-state index in [-0.39, 0.29) is 30.8 Å². The van der Waals surface area contributed by atoms with E-state index in [4.69, 9.17) is 0 Å². The Balaban J connectivity index is 1.25. The van der Waals surface area contributed by atoms with Crippen molar-refractivity contribution >= 4 is 17.8 Å². The maximum absolute atomic E-state index is 13.2. The van der Waals surface area contributed by atoms with Gasteiger partial charge < -0.3 is 10.2 Å². The highest BCUT2D eigenvalue weighted by Crippen LogP contribution is 2.38. The van der Waals surface area contributed by atoms with Gasteiger partial charge in [-0.1, -0.05) is 18.2 Å². The van der Waals surface area contributed by atoms with Crippen molar-refractivity contribution in [3.63, 3.8) is 0 Å². The summed E-state index contributed by atoms with van der Waals surface area (Å²) in [6.07, 6.45) is 4.02. The van der Waals surface area contributed by atoms with E-state index < -0.39 is 6.03 Å². The number of hydrogen-bond acceptors (Lipinski definition) is 5. The number of carbonyl (C=O) groups excluding carboxylic acids is 3. The molecule has 0 radical (unpaired) electrons. The number of benzene rings is 1. The number of H-pyrrole nitrogens is 1. The fraction of sp³-hybridized carbons (Fsp3) is 0.476. The number of aromatic amines is 1. The molecule has 2 N–H and O–H groups in total. The summed E-state index contributed by atoms with van der Waals surface area (Å²) in [4.78, 5) is 44.7. The molecule has 156 valence electrons. The normalized spacial score (nSPS) is 20.0. The third-order valence-corrected chi connectivity index (χ3v) is 6.14. The lowest BCUT2D eigenvalue weighted by Gasteiger charge is -2.31. The quantitative estimate of drug-likeness (QED) is 0.732. The van der Waals surface area contributed by atoms with Crippen LogP contribution in [0, 0.1) is 0 Å². The van der Waals surface area contributed by atoms with Crippen LogP contribution in [-0.4, -0.2) is 62.5 Å². The molecule has 0 spiro atoms. The molecule has 2 aromatic rings. The van der Waals surface area contributed by atoms with Crippen LogP contribution < -0.4 is 5.32 Å². The summed E-state index contributed by atoms with van der Waals surface area (Å²) in [5, 5.41) is 9.95. The molecule has 9 nitrogen and oxygen atoms in total. The van der Waals surface area contributed by atoms with Gasteiger partial charge in [0.05, 0.1) is 13.1 Å². The highest BCUT2D eigenvalue weighted by molar-refractivity contribution is 6.02. The van der Waals surface area contributed by atoms with E-state index in [1.54, 1.807) is 12.1 Å². The van der Waals surface area contributed by atoms with Gasteiger partial charge in [-0.2, -0.15) is 5.10 Å². The van der Waals surface area contributed by atoms with Crippen LogP contribution in [-0.2, 0) is 11.3 Å². The van der Waals surface area contributed by atoms with Crippen LogP contribution in [0.4, 0.5) is 4.79 Å². The van der Waals surface area contributed by atoms with Gasteiger partial charge in [0.1, 0.15) is 5.82 Å². The fourth-order valence-electron chi connectivity index (χ4n) is 4.17. The Labute approximate surface area is 173 Å². The average Bonchev–Trinajstić information content (AvgIpc) is 3.43. The molecule has 4 amide bonds. The maximum Gasteiger partial charge on any atom is 0.324 e. The van der Waals surface area contributed by atoms with Gasteiger partial charge in [-0.15, -0.1) is 0 Å². The molecule has 1 aromatic carbocycles. The number of carbonyl (C=O) groups is 3. The second-order valence-corrected chi connectivity index (χ2v) is 8.22. The molecule has 5 rings (SSSR count). The van der Waals surface area contributed by atoms with E-state index in [9.17, 15) is 14.4 Å². The van der Waals surface area contributed by atoms with Gasteiger partial charge in [-0.3, -0.25) is 19.6 Å². The maximum atomic E-state index is 13.2. The predicted octanol–water partition coefficient (Wildman–Crippen LogP) is 1.75. The van der Waals surface area contributed by atoms with E-state index in [1.165, 1.54) is 12.8 Å². The number of amides is 4. The van der Waals surface area contributed by atoms with E-state index in [0.717, 1.165) is 29.4 Å². The third-order valence-electron chi connectivity index (χ3n) is 6.14. The molecule has 1 aliphatic carbocycles. The first-order valence-corrected chi connectivity index (χ1v) is 10.5. The molecule has 1 aromatic heterocycles. The zero-order valence-electron chi connectivity index (χ0n) is 16.6. The van der Waals surface area contributed by atoms with Crippen LogP contribution in [0.2, 0.25) is 0 Å². The Morgan fingerprint density at radius 2 is 1.83 bits per heavy atom. The minimum absolute atomic E-state index is 0.00651. The topological polar surface area (TPSA) is 111 Å². The number of piperidine rings is 1. The number of likely N-dealkylation sites (tertiary alicyclic amines) is 1. The number of hydrogen-bond donors (Lipinski definition) is 2. The molecule has 9 heteroatoms. The lowest BCUT2D eigenvalue weighted by Crippen LogP contribution is -2.39. The Bertz CT molecular complexity index is 974. The number of imide groups is 1. The van der Waals surface area contributed by atoms with E-state index in [0.29, 0.717) is 30.1 Å². The molecule has 3 fully saturated rings. The van der Waals surface area contributed by atoms with Gasteiger partial charge in [0, 0.05) is 30.5 Å². The van der Waals surface area contributed by atoms with Crippen LogP contribution in [0.3, 0.4) is 0 Å². The fourth-order valence-corrected chi connectivity index (χ4v) is 4.17. The number of rotatable bonds is 5. The first-order chi connectivity index (χ1) is 14.6. The number of nitrogens with one attached hydrogen (secondary N) is 2. The van der Waals surface area contributed by atoms with Gasteiger partial charge in [-0.25, -0.2) is 9.78 Å². The average molecular weight is 408 g/mol. The summed E-state index contributed by atoms with van der Waals surface area (Å²) >= 11 is 0. The molecule has 2 aliphatic heterocycles. The van der Waals surface area contributed by atoms with Gasteiger partial charge in [-0.05, 0) is 37.3 Å². The monoisotopic (exact) mass is 408 g/mol. The molecule has 3 aliphatic rings. The summed E-state index contributed by atoms with van der Waals surface area (Å²) in [6, 6.07) is 6.77. The van der Waals surface area contributed by atoms with Crippen LogP contribution >= 0.6 is 0 Å². The zero-order valence-corrected chi connectivity index (χ0v) is 16.6. The number of urea groups is 1. The summed E-state index contributed by atoms with van der Waals surface area (Å²) in [7, 11) is 0. The minimum atomic E-state index is -0.416. The van der Waals surface area contributed by atoms with Crippen molar-refractivity contribution in [3.05, 3.63) is 47.0 Å².